The third kappa shape index (κ3) is 3.84. The molecule has 4 nitrogen and oxygen atoms in total. The molecule has 0 spiro atoms. The van der Waals surface area contributed by atoms with Gasteiger partial charge < -0.3 is 4.42 Å². The first-order valence-corrected chi connectivity index (χ1v) is 9.55. The van der Waals surface area contributed by atoms with E-state index in [1.807, 2.05) is 47.8 Å². The maximum Gasteiger partial charge on any atom is 0.236 e. The van der Waals surface area contributed by atoms with Crippen LogP contribution in [0.5, 0.6) is 0 Å². The van der Waals surface area contributed by atoms with Crippen molar-refractivity contribution in [1.82, 2.24) is 4.98 Å². The Bertz CT molecular complexity index is 821. The first-order chi connectivity index (χ1) is 10.6. The quantitative estimate of drug-likeness (QED) is 0.692. The predicted octanol–water partition coefficient (Wildman–Crippen LogP) is 3.56. The van der Waals surface area contributed by atoms with Crippen LogP contribution < -0.4 is 0 Å². The second kappa shape index (κ2) is 6.46. The summed E-state index contributed by atoms with van der Waals surface area (Å²) in [4.78, 5) is 5.15. The summed E-state index contributed by atoms with van der Waals surface area (Å²) in [6, 6.07) is 13.4. The van der Waals surface area contributed by atoms with Crippen molar-refractivity contribution in [1.29, 1.82) is 0 Å². The van der Waals surface area contributed by atoms with Crippen molar-refractivity contribution in [2.24, 2.45) is 0 Å². The van der Waals surface area contributed by atoms with Crippen molar-refractivity contribution in [3.8, 4) is 10.8 Å². The van der Waals surface area contributed by atoms with E-state index in [0.29, 0.717) is 18.0 Å². The Morgan fingerprint density at radius 3 is 2.64 bits per heavy atom. The summed E-state index contributed by atoms with van der Waals surface area (Å²) >= 11 is 1.51. The first kappa shape index (κ1) is 15.0. The fourth-order valence-electron chi connectivity index (χ4n) is 2.10. The molecule has 0 saturated carbocycles. The molecular weight excluding hydrogens is 318 g/mol. The zero-order chi connectivity index (χ0) is 15.4. The fraction of sp³-hybridized carbons (Fsp3) is 0.188. The van der Waals surface area contributed by atoms with Gasteiger partial charge in [0.25, 0.3) is 0 Å². The van der Waals surface area contributed by atoms with Gasteiger partial charge in [0.05, 0.1) is 22.1 Å². The SMILES string of the molecule is O=S(=O)(CCc1ccccc1)Cc1coc(-c2cccs2)n1. The van der Waals surface area contributed by atoms with Gasteiger partial charge in [0, 0.05) is 0 Å². The van der Waals surface area contributed by atoms with Crippen LogP contribution in [0.1, 0.15) is 11.3 Å². The van der Waals surface area contributed by atoms with E-state index >= 15 is 0 Å². The molecule has 114 valence electrons. The number of oxazole rings is 1. The maximum atomic E-state index is 12.2. The van der Waals surface area contributed by atoms with Crippen molar-refractivity contribution >= 4 is 21.2 Å². The van der Waals surface area contributed by atoms with Gasteiger partial charge in [-0.15, -0.1) is 11.3 Å². The number of hydrogen-bond acceptors (Lipinski definition) is 5. The summed E-state index contributed by atoms with van der Waals surface area (Å²) in [5, 5.41) is 1.93. The smallest absolute Gasteiger partial charge is 0.236 e. The molecule has 0 aliphatic heterocycles. The highest BCUT2D eigenvalue weighted by molar-refractivity contribution is 7.90. The van der Waals surface area contributed by atoms with E-state index in [0.717, 1.165) is 10.4 Å². The van der Waals surface area contributed by atoms with Crippen LogP contribution in [-0.4, -0.2) is 19.2 Å². The lowest BCUT2D eigenvalue weighted by Gasteiger charge is -2.02. The standard InChI is InChI=1S/C16H15NO3S2/c18-22(19,10-8-13-5-2-1-3-6-13)12-14-11-20-16(17-14)15-7-4-9-21-15/h1-7,9,11H,8,10,12H2. The molecule has 0 aliphatic rings. The summed E-state index contributed by atoms with van der Waals surface area (Å²) in [6.45, 7) is 0. The molecule has 3 rings (SSSR count). The second-order valence-corrected chi connectivity index (χ2v) is 8.08. The average molecular weight is 333 g/mol. The summed E-state index contributed by atoms with van der Waals surface area (Å²) in [5.74, 6) is 0.496. The van der Waals surface area contributed by atoms with Crippen LogP contribution in [0.2, 0.25) is 0 Å². The Labute approximate surface area is 133 Å². The third-order valence-electron chi connectivity index (χ3n) is 3.20. The molecule has 0 aliphatic carbocycles. The van der Waals surface area contributed by atoms with E-state index in [2.05, 4.69) is 4.98 Å². The molecule has 0 N–H and O–H groups in total. The van der Waals surface area contributed by atoms with Gasteiger partial charge in [-0.1, -0.05) is 36.4 Å². The summed E-state index contributed by atoms with van der Waals surface area (Å²) in [5.41, 5.74) is 1.47. The molecule has 0 unspecified atom stereocenters. The van der Waals surface area contributed by atoms with Crippen LogP contribution in [0.3, 0.4) is 0 Å². The maximum absolute atomic E-state index is 12.2. The lowest BCUT2D eigenvalue weighted by atomic mass is 10.2. The van der Waals surface area contributed by atoms with Gasteiger partial charge in [-0.2, -0.15) is 0 Å². The van der Waals surface area contributed by atoms with Gasteiger partial charge in [0.1, 0.15) is 6.26 Å². The van der Waals surface area contributed by atoms with Crippen LogP contribution in [-0.2, 0) is 22.0 Å². The highest BCUT2D eigenvalue weighted by Crippen LogP contribution is 2.24. The minimum atomic E-state index is -3.21. The van der Waals surface area contributed by atoms with Crippen molar-refractivity contribution < 1.29 is 12.8 Å². The lowest BCUT2D eigenvalue weighted by molar-refractivity contribution is 0.573. The van der Waals surface area contributed by atoms with Gasteiger partial charge in [-0.3, -0.25) is 0 Å². The van der Waals surface area contributed by atoms with Gasteiger partial charge in [-0.05, 0) is 23.4 Å². The largest absolute Gasteiger partial charge is 0.444 e. The molecule has 22 heavy (non-hydrogen) atoms. The monoisotopic (exact) mass is 333 g/mol. The van der Waals surface area contributed by atoms with E-state index in [-0.39, 0.29) is 11.5 Å². The number of thiophene rings is 1. The van der Waals surface area contributed by atoms with Crippen molar-refractivity contribution in [2.75, 3.05) is 5.75 Å². The molecule has 1 aromatic carbocycles. The number of hydrogen-bond donors (Lipinski definition) is 0. The Hall–Kier alpha value is -1.92. The molecule has 2 heterocycles. The highest BCUT2D eigenvalue weighted by atomic mass is 32.2. The third-order valence-corrected chi connectivity index (χ3v) is 5.62. The van der Waals surface area contributed by atoms with E-state index < -0.39 is 9.84 Å². The normalized spacial score (nSPS) is 11.6. The summed E-state index contributed by atoms with van der Waals surface area (Å²) < 4.78 is 29.7. The molecule has 6 heteroatoms. The number of aryl methyl sites for hydroxylation is 1. The molecule has 3 aromatic rings. The first-order valence-electron chi connectivity index (χ1n) is 6.85. The lowest BCUT2D eigenvalue weighted by Crippen LogP contribution is -2.11. The number of aromatic nitrogens is 1. The minimum Gasteiger partial charge on any atom is -0.444 e. The zero-order valence-electron chi connectivity index (χ0n) is 11.8. The minimum absolute atomic E-state index is 0.0886. The van der Waals surface area contributed by atoms with Gasteiger partial charge in [0.15, 0.2) is 9.84 Å². The topological polar surface area (TPSA) is 60.2 Å². The van der Waals surface area contributed by atoms with E-state index in [9.17, 15) is 8.42 Å². The zero-order valence-corrected chi connectivity index (χ0v) is 13.4. The Morgan fingerprint density at radius 2 is 1.91 bits per heavy atom. The highest BCUT2D eigenvalue weighted by Gasteiger charge is 2.16. The molecule has 0 atom stereocenters. The molecule has 0 fully saturated rings. The van der Waals surface area contributed by atoms with Crippen molar-refractivity contribution in [3.63, 3.8) is 0 Å². The average Bonchev–Trinajstić information content (AvgIpc) is 3.17. The molecule has 0 amide bonds. The fourth-order valence-corrected chi connectivity index (χ4v) is 4.03. The Kier molecular flexibility index (Phi) is 4.40. The Morgan fingerprint density at radius 1 is 1.09 bits per heavy atom. The van der Waals surface area contributed by atoms with Crippen LogP contribution in [0, 0.1) is 0 Å². The molecule has 2 aromatic heterocycles. The van der Waals surface area contributed by atoms with E-state index in [1.54, 1.807) is 0 Å². The van der Waals surface area contributed by atoms with Gasteiger partial charge in [-0.25, -0.2) is 13.4 Å². The Balaban J connectivity index is 1.64. The van der Waals surface area contributed by atoms with E-state index in [1.165, 1.54) is 17.6 Å². The number of rotatable bonds is 6. The van der Waals surface area contributed by atoms with Crippen LogP contribution >= 0.6 is 11.3 Å². The van der Waals surface area contributed by atoms with Gasteiger partial charge >= 0.3 is 0 Å². The molecule has 0 radical (unpaired) electrons. The van der Waals surface area contributed by atoms with Gasteiger partial charge in [0.2, 0.25) is 5.89 Å². The van der Waals surface area contributed by atoms with Crippen molar-refractivity contribution in [3.05, 3.63) is 65.4 Å². The predicted molar refractivity (Wildman–Crippen MR) is 87.5 cm³/mol. The van der Waals surface area contributed by atoms with Crippen LogP contribution in [0.4, 0.5) is 0 Å². The number of nitrogens with zero attached hydrogens (tertiary/aromatic N) is 1. The number of sulfone groups is 1. The summed E-state index contributed by atoms with van der Waals surface area (Å²) in [7, 11) is -3.21. The molecular formula is C16H15NO3S2. The summed E-state index contributed by atoms with van der Waals surface area (Å²) in [6.07, 6.45) is 1.94. The number of benzene rings is 1. The van der Waals surface area contributed by atoms with Crippen LogP contribution in [0.25, 0.3) is 10.8 Å². The molecule has 0 bridgehead atoms. The van der Waals surface area contributed by atoms with Crippen LogP contribution in [0.15, 0.2) is 58.5 Å². The second-order valence-electron chi connectivity index (χ2n) is 4.95. The molecule has 0 saturated heterocycles. The van der Waals surface area contributed by atoms with E-state index in [4.69, 9.17) is 4.42 Å². The van der Waals surface area contributed by atoms with Crippen molar-refractivity contribution in [2.45, 2.75) is 12.2 Å².